The average Bonchev–Trinajstić information content (AvgIpc) is 2.31. The predicted molar refractivity (Wildman–Crippen MR) is 70.0 cm³/mol. The van der Waals surface area contributed by atoms with Crippen LogP contribution in [-0.4, -0.2) is 25.2 Å². The maximum Gasteiger partial charge on any atom is 0.337 e. The number of hydrogen-bond donors (Lipinski definition) is 0. The van der Waals surface area contributed by atoms with Crippen molar-refractivity contribution in [2.75, 3.05) is 13.2 Å². The summed E-state index contributed by atoms with van der Waals surface area (Å²) >= 11 is 0. The van der Waals surface area contributed by atoms with E-state index in [1.807, 2.05) is 27.7 Å². The number of hydrogen-bond acceptors (Lipinski definition) is 4. The molecule has 0 saturated heterocycles. The van der Waals surface area contributed by atoms with Crippen molar-refractivity contribution < 1.29 is 19.1 Å². The third-order valence-electron chi connectivity index (χ3n) is 2.10. The summed E-state index contributed by atoms with van der Waals surface area (Å²) in [5.74, 6) is -0.384. The van der Waals surface area contributed by atoms with Crippen molar-refractivity contribution in [1.29, 1.82) is 0 Å². The quantitative estimate of drug-likeness (QED) is 0.495. The molecule has 0 N–H and O–H groups in total. The first kappa shape index (κ1) is 16.7. The monoisotopic (exact) mass is 256 g/mol. The van der Waals surface area contributed by atoms with Crippen LogP contribution in [-0.2, 0) is 19.1 Å². The summed E-state index contributed by atoms with van der Waals surface area (Å²) in [7, 11) is 0. The first-order chi connectivity index (χ1) is 8.51. The van der Waals surface area contributed by atoms with Crippen LogP contribution < -0.4 is 0 Å². The molecular formula is C14H24O4. The lowest BCUT2D eigenvalue weighted by atomic mass is 10.2. The molecule has 0 aromatic carbocycles. The summed E-state index contributed by atoms with van der Waals surface area (Å²) in [5.41, 5.74) is 0.419. The van der Waals surface area contributed by atoms with Crippen LogP contribution in [0.3, 0.4) is 0 Å². The molecule has 0 atom stereocenters. The molecule has 0 amide bonds. The molecule has 0 bridgehead atoms. The van der Waals surface area contributed by atoms with Gasteiger partial charge in [0.25, 0.3) is 0 Å². The van der Waals surface area contributed by atoms with E-state index < -0.39 is 5.97 Å². The van der Waals surface area contributed by atoms with E-state index in [-0.39, 0.29) is 12.6 Å². The van der Waals surface area contributed by atoms with Crippen LogP contribution in [0.2, 0.25) is 0 Å². The molecule has 0 aromatic heterocycles. The molecule has 0 aliphatic heterocycles. The second-order valence-electron chi connectivity index (χ2n) is 4.54. The summed E-state index contributed by atoms with van der Waals surface area (Å²) in [5, 5.41) is 0. The number of carbonyl (C=O) groups excluding carboxylic acids is 2. The van der Waals surface area contributed by atoms with E-state index in [0.29, 0.717) is 30.9 Å². The van der Waals surface area contributed by atoms with Gasteiger partial charge in [0.15, 0.2) is 0 Å². The molecule has 0 fully saturated rings. The lowest BCUT2D eigenvalue weighted by Crippen LogP contribution is -2.17. The van der Waals surface area contributed by atoms with E-state index >= 15 is 0 Å². The van der Waals surface area contributed by atoms with Crippen molar-refractivity contribution in [1.82, 2.24) is 0 Å². The largest absolute Gasteiger partial charge is 0.462 e. The van der Waals surface area contributed by atoms with Crippen LogP contribution in [0.25, 0.3) is 0 Å². The van der Waals surface area contributed by atoms with Gasteiger partial charge in [0.05, 0.1) is 12.2 Å². The fourth-order valence-corrected chi connectivity index (χ4v) is 1.22. The Balaban J connectivity index is 4.26. The number of ether oxygens (including phenoxy) is 2. The lowest BCUT2D eigenvalue weighted by molar-refractivity contribution is -0.145. The van der Waals surface area contributed by atoms with Gasteiger partial charge >= 0.3 is 11.9 Å². The Labute approximate surface area is 109 Å². The first-order valence-electron chi connectivity index (χ1n) is 6.53. The molecule has 0 radical (unpaired) electrons. The molecule has 0 aromatic rings. The molecule has 0 unspecified atom stereocenters. The number of esters is 2. The third-order valence-corrected chi connectivity index (χ3v) is 2.10. The van der Waals surface area contributed by atoms with E-state index in [1.54, 1.807) is 6.08 Å². The number of allylic oxidation sites excluding steroid dienone is 1. The maximum absolute atomic E-state index is 11.7. The highest BCUT2D eigenvalue weighted by Crippen LogP contribution is 2.05. The van der Waals surface area contributed by atoms with Gasteiger partial charge in [0.2, 0.25) is 0 Å². The molecule has 0 saturated carbocycles. The van der Waals surface area contributed by atoms with Crippen LogP contribution in [0.1, 0.15) is 47.0 Å². The van der Waals surface area contributed by atoms with E-state index in [1.165, 1.54) is 0 Å². The maximum atomic E-state index is 11.7. The normalized spacial score (nSPS) is 11.5. The van der Waals surface area contributed by atoms with E-state index in [4.69, 9.17) is 9.47 Å². The minimum absolute atomic E-state index is 0.00357. The molecule has 0 spiro atoms. The Morgan fingerprint density at radius 2 is 1.83 bits per heavy atom. The predicted octanol–water partition coefficient (Wildman–Crippen LogP) is 2.87. The van der Waals surface area contributed by atoms with Crippen LogP contribution in [0.15, 0.2) is 11.6 Å². The fourth-order valence-electron chi connectivity index (χ4n) is 1.22. The third kappa shape index (κ3) is 7.87. The highest BCUT2D eigenvalue weighted by Gasteiger charge is 2.13. The highest BCUT2D eigenvalue weighted by atomic mass is 16.5. The average molecular weight is 256 g/mol. The fraction of sp³-hybridized carbons (Fsp3) is 0.714. The van der Waals surface area contributed by atoms with Gasteiger partial charge in [-0.15, -0.1) is 0 Å². The summed E-state index contributed by atoms with van der Waals surface area (Å²) in [6.45, 7) is 8.15. The van der Waals surface area contributed by atoms with Gasteiger partial charge in [-0.1, -0.05) is 33.8 Å². The van der Waals surface area contributed by atoms with Gasteiger partial charge < -0.3 is 9.47 Å². The molecule has 0 aliphatic carbocycles. The minimum Gasteiger partial charge on any atom is -0.462 e. The van der Waals surface area contributed by atoms with Gasteiger partial charge in [-0.2, -0.15) is 0 Å². The molecular weight excluding hydrogens is 232 g/mol. The van der Waals surface area contributed by atoms with Crippen molar-refractivity contribution in [3.8, 4) is 0 Å². The van der Waals surface area contributed by atoms with Crippen molar-refractivity contribution in [2.45, 2.75) is 47.0 Å². The Kier molecular flexibility index (Phi) is 8.97. The van der Waals surface area contributed by atoms with E-state index in [0.717, 1.165) is 6.42 Å². The van der Waals surface area contributed by atoms with Gasteiger partial charge in [-0.3, -0.25) is 4.79 Å². The topological polar surface area (TPSA) is 52.6 Å². The lowest BCUT2D eigenvalue weighted by Gasteiger charge is -2.10. The Bertz CT molecular complexity index is 292. The number of rotatable bonds is 8. The minimum atomic E-state index is -0.394. The Hall–Kier alpha value is -1.32. The zero-order chi connectivity index (χ0) is 14.0. The first-order valence-corrected chi connectivity index (χ1v) is 6.53. The van der Waals surface area contributed by atoms with Gasteiger partial charge in [-0.05, 0) is 18.8 Å². The SMILES string of the molecule is CCC=C(COC(=O)CCC)C(=O)OCC(C)C. The van der Waals surface area contributed by atoms with Crippen LogP contribution in [0.4, 0.5) is 0 Å². The van der Waals surface area contributed by atoms with E-state index in [2.05, 4.69) is 0 Å². The molecule has 18 heavy (non-hydrogen) atoms. The molecule has 4 nitrogen and oxygen atoms in total. The zero-order valence-corrected chi connectivity index (χ0v) is 11.8. The summed E-state index contributed by atoms with van der Waals surface area (Å²) in [6, 6.07) is 0. The van der Waals surface area contributed by atoms with Crippen molar-refractivity contribution in [3.05, 3.63) is 11.6 Å². The molecule has 0 aliphatic rings. The van der Waals surface area contributed by atoms with Crippen LogP contribution >= 0.6 is 0 Å². The van der Waals surface area contributed by atoms with E-state index in [9.17, 15) is 9.59 Å². The van der Waals surface area contributed by atoms with Crippen molar-refractivity contribution >= 4 is 11.9 Å². The second kappa shape index (κ2) is 9.68. The molecule has 104 valence electrons. The Morgan fingerprint density at radius 3 is 2.33 bits per heavy atom. The van der Waals surface area contributed by atoms with Crippen LogP contribution in [0.5, 0.6) is 0 Å². The summed E-state index contributed by atoms with van der Waals surface area (Å²) in [4.78, 5) is 23.0. The Morgan fingerprint density at radius 1 is 1.17 bits per heavy atom. The second-order valence-corrected chi connectivity index (χ2v) is 4.54. The van der Waals surface area contributed by atoms with Gasteiger partial charge in [0.1, 0.15) is 6.61 Å². The van der Waals surface area contributed by atoms with Gasteiger partial charge in [0, 0.05) is 6.42 Å². The van der Waals surface area contributed by atoms with Crippen LogP contribution in [0, 0.1) is 5.92 Å². The van der Waals surface area contributed by atoms with Crippen molar-refractivity contribution in [3.63, 3.8) is 0 Å². The zero-order valence-electron chi connectivity index (χ0n) is 11.8. The van der Waals surface area contributed by atoms with Gasteiger partial charge in [-0.25, -0.2) is 4.79 Å². The summed E-state index contributed by atoms with van der Waals surface area (Å²) < 4.78 is 10.1. The standard InChI is InChI=1S/C14H24O4/c1-5-7-12(10-17-13(15)8-6-2)14(16)18-9-11(3)4/h7,11H,5-6,8-10H2,1-4H3. The summed E-state index contributed by atoms with van der Waals surface area (Å²) in [6.07, 6.45) is 3.56. The highest BCUT2D eigenvalue weighted by molar-refractivity contribution is 5.89. The molecule has 4 heteroatoms. The van der Waals surface area contributed by atoms with Crippen molar-refractivity contribution in [2.24, 2.45) is 5.92 Å². The molecule has 0 heterocycles. The number of carbonyl (C=O) groups is 2. The smallest absolute Gasteiger partial charge is 0.337 e. The molecule has 0 rings (SSSR count).